The van der Waals surface area contributed by atoms with Crippen LogP contribution in [-0.4, -0.2) is 64.1 Å². The zero-order valence-corrected chi connectivity index (χ0v) is 19.9. The minimum Gasteiger partial charge on any atom is -0.496 e. The summed E-state index contributed by atoms with van der Waals surface area (Å²) in [7, 11) is -2.39. The van der Waals surface area contributed by atoms with Crippen LogP contribution in [0.4, 0.5) is 4.39 Å². The lowest BCUT2D eigenvalue weighted by atomic mass is 10.1. The molecule has 184 valence electrons. The first kappa shape index (κ1) is 25.6. The largest absolute Gasteiger partial charge is 0.496 e. The van der Waals surface area contributed by atoms with E-state index in [2.05, 4.69) is 10.6 Å². The molecular weight excluding hydrogens is 465 g/mol. The van der Waals surface area contributed by atoms with Crippen molar-refractivity contribution in [3.8, 4) is 5.75 Å². The van der Waals surface area contributed by atoms with Gasteiger partial charge in [0.05, 0.1) is 25.2 Å². The van der Waals surface area contributed by atoms with E-state index >= 15 is 0 Å². The van der Waals surface area contributed by atoms with Gasteiger partial charge in [-0.1, -0.05) is 12.1 Å². The van der Waals surface area contributed by atoms with Gasteiger partial charge >= 0.3 is 11.8 Å². The number of carbonyl (C=O) groups excluding carboxylic acids is 2. The number of halogens is 1. The molecule has 2 N–H and O–H groups in total. The summed E-state index contributed by atoms with van der Waals surface area (Å²) in [5.41, 5.74) is 1.48. The van der Waals surface area contributed by atoms with Gasteiger partial charge in [0.15, 0.2) is 0 Å². The molecule has 0 saturated carbocycles. The second-order valence-corrected chi connectivity index (χ2v) is 9.66. The SMILES string of the molecule is COc1ccc(S(=O)(=O)N2CCCO[C@@H]2CNC(=O)C(=O)NCCc2ccc(F)cc2)cc1C. The molecule has 1 saturated heterocycles. The van der Waals surface area contributed by atoms with Crippen molar-refractivity contribution in [1.82, 2.24) is 14.9 Å². The molecule has 0 aromatic heterocycles. The highest BCUT2D eigenvalue weighted by Crippen LogP contribution is 2.26. The maximum Gasteiger partial charge on any atom is 0.309 e. The van der Waals surface area contributed by atoms with Gasteiger partial charge in [-0.15, -0.1) is 0 Å². The Bertz CT molecular complexity index is 1120. The zero-order chi connectivity index (χ0) is 24.7. The number of methoxy groups -OCH3 is 1. The molecule has 0 aliphatic carbocycles. The van der Waals surface area contributed by atoms with Crippen molar-refractivity contribution in [2.75, 3.05) is 33.4 Å². The lowest BCUT2D eigenvalue weighted by Gasteiger charge is -2.34. The number of carbonyl (C=O) groups is 2. The molecule has 34 heavy (non-hydrogen) atoms. The molecule has 3 rings (SSSR count). The standard InChI is InChI=1S/C23H28FN3O6S/c1-16-14-19(8-9-20(16)32-2)34(30,31)27-12-3-13-33-21(27)15-26-23(29)22(28)25-11-10-17-4-6-18(24)7-5-17/h4-9,14,21H,3,10-13,15H2,1-2H3,(H,25,28)(H,26,29)/t21-/m1/s1. The fourth-order valence-electron chi connectivity index (χ4n) is 3.56. The van der Waals surface area contributed by atoms with E-state index < -0.39 is 28.1 Å². The Morgan fingerprint density at radius 1 is 1.15 bits per heavy atom. The van der Waals surface area contributed by atoms with Gasteiger partial charge in [0.1, 0.15) is 17.8 Å². The first-order valence-corrected chi connectivity index (χ1v) is 12.2. The number of rotatable bonds is 8. The van der Waals surface area contributed by atoms with E-state index in [-0.39, 0.29) is 30.3 Å². The molecule has 1 heterocycles. The van der Waals surface area contributed by atoms with Crippen molar-refractivity contribution in [2.45, 2.75) is 30.9 Å². The summed E-state index contributed by atoms with van der Waals surface area (Å²) in [6, 6.07) is 10.4. The van der Waals surface area contributed by atoms with E-state index in [4.69, 9.17) is 9.47 Å². The molecule has 2 aromatic carbocycles. The van der Waals surface area contributed by atoms with Crippen LogP contribution >= 0.6 is 0 Å². The quantitative estimate of drug-likeness (QED) is 0.537. The topological polar surface area (TPSA) is 114 Å². The van der Waals surface area contributed by atoms with E-state index in [1.54, 1.807) is 25.1 Å². The molecule has 9 nitrogen and oxygen atoms in total. The highest BCUT2D eigenvalue weighted by molar-refractivity contribution is 7.89. The third-order valence-electron chi connectivity index (χ3n) is 5.38. The number of hydrogen-bond donors (Lipinski definition) is 2. The predicted molar refractivity (Wildman–Crippen MR) is 122 cm³/mol. The highest BCUT2D eigenvalue weighted by Gasteiger charge is 2.35. The minimum atomic E-state index is -3.90. The van der Waals surface area contributed by atoms with Crippen LogP contribution < -0.4 is 15.4 Å². The second-order valence-electron chi connectivity index (χ2n) is 7.77. The molecule has 1 fully saturated rings. The van der Waals surface area contributed by atoms with E-state index in [9.17, 15) is 22.4 Å². The molecule has 0 spiro atoms. The monoisotopic (exact) mass is 493 g/mol. The Balaban J connectivity index is 1.56. The summed E-state index contributed by atoms with van der Waals surface area (Å²) in [4.78, 5) is 24.4. The summed E-state index contributed by atoms with van der Waals surface area (Å²) in [5, 5.41) is 4.93. The molecule has 1 aliphatic heterocycles. The van der Waals surface area contributed by atoms with Crippen molar-refractivity contribution in [1.29, 1.82) is 0 Å². The van der Waals surface area contributed by atoms with Gasteiger partial charge in [0.25, 0.3) is 0 Å². The number of nitrogens with zero attached hydrogens (tertiary/aromatic N) is 1. The molecule has 0 radical (unpaired) electrons. The summed E-state index contributed by atoms with van der Waals surface area (Å²) in [6.45, 7) is 2.31. The van der Waals surface area contributed by atoms with Crippen LogP contribution in [0.15, 0.2) is 47.4 Å². The molecule has 0 unspecified atom stereocenters. The first-order chi connectivity index (χ1) is 16.2. The third-order valence-corrected chi connectivity index (χ3v) is 7.27. The number of sulfonamides is 1. The summed E-state index contributed by atoms with van der Waals surface area (Å²) in [5.74, 6) is -1.53. The lowest BCUT2D eigenvalue weighted by Crippen LogP contribution is -2.53. The smallest absolute Gasteiger partial charge is 0.309 e. The lowest BCUT2D eigenvalue weighted by molar-refractivity contribution is -0.140. The van der Waals surface area contributed by atoms with Crippen LogP contribution in [0, 0.1) is 12.7 Å². The van der Waals surface area contributed by atoms with Crippen LogP contribution in [0.1, 0.15) is 17.5 Å². The summed E-state index contributed by atoms with van der Waals surface area (Å²) < 4.78 is 51.4. The Labute approximate surface area is 198 Å². The maximum absolute atomic E-state index is 13.2. The first-order valence-electron chi connectivity index (χ1n) is 10.8. The summed E-state index contributed by atoms with van der Waals surface area (Å²) >= 11 is 0. The van der Waals surface area contributed by atoms with Gasteiger partial charge in [-0.3, -0.25) is 9.59 Å². The van der Waals surface area contributed by atoms with Crippen LogP contribution in [0.5, 0.6) is 5.75 Å². The van der Waals surface area contributed by atoms with Crippen molar-refractivity contribution in [3.05, 3.63) is 59.4 Å². The number of benzene rings is 2. The number of ether oxygens (including phenoxy) is 2. The maximum atomic E-state index is 13.2. The van der Waals surface area contributed by atoms with E-state index in [1.165, 1.54) is 35.7 Å². The van der Waals surface area contributed by atoms with Crippen molar-refractivity contribution < 1.29 is 31.9 Å². The van der Waals surface area contributed by atoms with E-state index in [0.717, 1.165) is 5.56 Å². The van der Waals surface area contributed by atoms with Crippen LogP contribution in [0.2, 0.25) is 0 Å². The fourth-order valence-corrected chi connectivity index (χ4v) is 5.21. The van der Waals surface area contributed by atoms with E-state index in [0.29, 0.717) is 30.8 Å². The van der Waals surface area contributed by atoms with Crippen LogP contribution in [0.25, 0.3) is 0 Å². The summed E-state index contributed by atoms with van der Waals surface area (Å²) in [6.07, 6.45) is -0.0155. The Kier molecular flexibility index (Phi) is 8.59. The normalized spacial score (nSPS) is 16.6. The van der Waals surface area contributed by atoms with Crippen molar-refractivity contribution >= 4 is 21.8 Å². The average Bonchev–Trinajstić information content (AvgIpc) is 2.83. The second kappa shape index (κ2) is 11.4. The number of hydrogen-bond acceptors (Lipinski definition) is 6. The van der Waals surface area contributed by atoms with Crippen LogP contribution in [0.3, 0.4) is 0 Å². The Morgan fingerprint density at radius 2 is 1.85 bits per heavy atom. The minimum absolute atomic E-state index is 0.0890. The Hall–Kier alpha value is -3.02. The van der Waals surface area contributed by atoms with Crippen molar-refractivity contribution in [3.63, 3.8) is 0 Å². The van der Waals surface area contributed by atoms with Crippen LogP contribution in [-0.2, 0) is 30.8 Å². The van der Waals surface area contributed by atoms with Gasteiger partial charge in [-0.05, 0) is 61.2 Å². The zero-order valence-electron chi connectivity index (χ0n) is 19.0. The third kappa shape index (κ3) is 6.31. The van der Waals surface area contributed by atoms with Gasteiger partial charge < -0.3 is 20.1 Å². The van der Waals surface area contributed by atoms with Gasteiger partial charge in [-0.25, -0.2) is 12.8 Å². The Morgan fingerprint density at radius 3 is 2.53 bits per heavy atom. The molecule has 0 bridgehead atoms. The number of aryl methyl sites for hydroxylation is 1. The molecule has 1 aliphatic rings. The van der Waals surface area contributed by atoms with E-state index in [1.807, 2.05) is 0 Å². The molecular formula is C23H28FN3O6S. The molecule has 1 atom stereocenters. The molecule has 11 heteroatoms. The number of amides is 2. The van der Waals surface area contributed by atoms with Gasteiger partial charge in [-0.2, -0.15) is 4.31 Å². The molecule has 2 amide bonds. The fraction of sp³-hybridized carbons (Fsp3) is 0.391. The van der Waals surface area contributed by atoms with Gasteiger partial charge in [0.2, 0.25) is 10.0 Å². The average molecular weight is 494 g/mol. The van der Waals surface area contributed by atoms with Crippen molar-refractivity contribution in [2.24, 2.45) is 0 Å². The molecule has 2 aromatic rings. The van der Waals surface area contributed by atoms with Gasteiger partial charge in [0, 0.05) is 13.1 Å². The number of nitrogens with one attached hydrogen (secondary N) is 2. The highest BCUT2D eigenvalue weighted by atomic mass is 32.2. The predicted octanol–water partition coefficient (Wildman–Crippen LogP) is 1.35.